The first kappa shape index (κ1) is 5.97. The van der Waals surface area contributed by atoms with Crippen molar-refractivity contribution in [1.29, 1.82) is 0 Å². The fraction of sp³-hybridized carbons (Fsp3) is 0. The highest BCUT2D eigenvalue weighted by Crippen LogP contribution is 2.27. The van der Waals surface area contributed by atoms with E-state index >= 15 is 0 Å². The second-order valence-corrected chi connectivity index (χ2v) is 2.42. The number of hydrogen-bond acceptors (Lipinski definition) is 3. The molecule has 0 unspecified atom stereocenters. The minimum absolute atomic E-state index is 0.910. The highest BCUT2D eigenvalue weighted by Gasteiger charge is 1.89. The summed E-state index contributed by atoms with van der Waals surface area (Å²) in [6, 6.07) is 0. The van der Waals surface area contributed by atoms with Gasteiger partial charge in [0.15, 0.2) is 0 Å². The highest BCUT2D eigenvalue weighted by molar-refractivity contribution is 8.24. The molecule has 4 N–H and O–H groups in total. The fourth-order valence-electron chi connectivity index (χ4n) is 0. The van der Waals surface area contributed by atoms with Crippen molar-refractivity contribution >= 4 is 10.8 Å². The third-order valence-corrected chi connectivity index (χ3v) is 0.736. The van der Waals surface area contributed by atoms with Crippen molar-refractivity contribution < 1.29 is 9.11 Å². The van der Waals surface area contributed by atoms with Crippen molar-refractivity contribution in [1.82, 2.24) is 0 Å². The second-order valence-electron chi connectivity index (χ2n) is 0.806. The van der Waals surface area contributed by atoms with E-state index in [0.29, 0.717) is 0 Å². The van der Waals surface area contributed by atoms with Gasteiger partial charge in [0.2, 0.25) is 0 Å². The third-order valence-electron chi connectivity index (χ3n) is 0.245. The lowest BCUT2D eigenvalue weighted by Crippen LogP contribution is -2.02. The van der Waals surface area contributed by atoms with Crippen molar-refractivity contribution in [3.05, 3.63) is 12.0 Å². The molecule has 0 saturated carbocycles. The average Bonchev–Trinajstić information content (AvgIpc) is 1.35. The fourth-order valence-corrected chi connectivity index (χ4v) is 0. The van der Waals surface area contributed by atoms with Crippen molar-refractivity contribution in [3.8, 4) is 0 Å². The Morgan fingerprint density at radius 2 is 1.83 bits per heavy atom. The normalized spacial score (nSPS) is 13.8. The van der Waals surface area contributed by atoms with Crippen LogP contribution in [-0.2, 0) is 0 Å². The molecule has 0 atom stereocenters. The third kappa shape index (κ3) is 3.97. The Morgan fingerprint density at radius 3 is 1.83 bits per heavy atom. The Labute approximate surface area is 38.0 Å². The second kappa shape index (κ2) is 1.61. The number of nitrogens with two attached hydrogens (primary N) is 1. The molecule has 0 aromatic heterocycles. The van der Waals surface area contributed by atoms with Gasteiger partial charge in [0.25, 0.3) is 0 Å². The van der Waals surface area contributed by atoms with Crippen LogP contribution in [0.4, 0.5) is 0 Å². The smallest absolute Gasteiger partial charge is 0.0314 e. The largest absolute Gasteiger partial charge is 0.282 e. The van der Waals surface area contributed by atoms with Crippen LogP contribution >= 0.6 is 10.8 Å². The summed E-state index contributed by atoms with van der Waals surface area (Å²) in [5.74, 6) is 0. The molecule has 0 rings (SSSR count). The van der Waals surface area contributed by atoms with Crippen LogP contribution in [0, 0.1) is 0 Å². The van der Waals surface area contributed by atoms with Gasteiger partial charge < -0.3 is 0 Å². The van der Waals surface area contributed by atoms with Gasteiger partial charge in [0.05, 0.1) is 0 Å². The van der Waals surface area contributed by atoms with Gasteiger partial charge in [0, 0.05) is 5.41 Å². The molecule has 0 spiro atoms. The zero-order valence-corrected chi connectivity index (χ0v) is 3.98. The van der Waals surface area contributed by atoms with E-state index in [2.05, 4.69) is 11.7 Å². The van der Waals surface area contributed by atoms with E-state index in [-0.39, 0.29) is 0 Å². The summed E-state index contributed by atoms with van der Waals surface area (Å²) in [5, 5.41) is 5.52. The van der Waals surface area contributed by atoms with Crippen LogP contribution in [0.2, 0.25) is 0 Å². The molecule has 0 saturated heterocycles. The topological polar surface area (TPSA) is 66.5 Å². The first-order valence-electron chi connectivity index (χ1n) is 1.24. The van der Waals surface area contributed by atoms with E-state index in [1.165, 1.54) is 0 Å². The monoisotopic (exact) mass is 109 g/mol. The Kier molecular flexibility index (Phi) is 1.60. The van der Waals surface area contributed by atoms with E-state index in [1.807, 2.05) is 0 Å². The molecule has 0 heterocycles. The molecule has 0 aromatic carbocycles. The van der Waals surface area contributed by atoms with Gasteiger partial charge in [-0.15, -0.1) is 10.8 Å². The quantitative estimate of drug-likeness (QED) is 0.465. The SMILES string of the molecule is C=CS(N)(O)O. The minimum atomic E-state index is -2.90. The number of hydrogen-bond donors (Lipinski definition) is 3. The molecule has 3 nitrogen and oxygen atoms in total. The van der Waals surface area contributed by atoms with Gasteiger partial charge in [-0.2, -0.15) is 0 Å². The van der Waals surface area contributed by atoms with Gasteiger partial charge in [-0.3, -0.25) is 9.11 Å². The van der Waals surface area contributed by atoms with Crippen molar-refractivity contribution in [2.75, 3.05) is 0 Å². The van der Waals surface area contributed by atoms with E-state index in [1.54, 1.807) is 0 Å². The standard InChI is InChI=1S/C2H7NO2S/c1-2-6(3,4)5/h2,4-5H,1,3H2. The minimum Gasteiger partial charge on any atom is -0.282 e. The van der Waals surface area contributed by atoms with Gasteiger partial charge in [-0.1, -0.05) is 6.58 Å². The molecule has 0 aliphatic heterocycles. The van der Waals surface area contributed by atoms with Crippen LogP contribution in [-0.4, -0.2) is 9.11 Å². The predicted octanol–water partition coefficient (Wildman–Crippen LogP) is 0.754. The van der Waals surface area contributed by atoms with Crippen molar-refractivity contribution in [3.63, 3.8) is 0 Å². The van der Waals surface area contributed by atoms with E-state index in [4.69, 9.17) is 9.11 Å². The summed E-state index contributed by atoms with van der Waals surface area (Å²) in [6.07, 6.45) is 0. The highest BCUT2D eigenvalue weighted by atomic mass is 32.3. The molecule has 0 aliphatic rings. The first-order valence-corrected chi connectivity index (χ1v) is 2.92. The predicted molar refractivity (Wildman–Crippen MR) is 27.2 cm³/mol. The van der Waals surface area contributed by atoms with Crippen LogP contribution in [0.15, 0.2) is 12.0 Å². The van der Waals surface area contributed by atoms with Gasteiger partial charge in [-0.05, 0) is 0 Å². The van der Waals surface area contributed by atoms with Gasteiger partial charge in [-0.25, -0.2) is 5.14 Å². The van der Waals surface area contributed by atoms with Crippen LogP contribution < -0.4 is 5.14 Å². The lowest BCUT2D eigenvalue weighted by Gasteiger charge is -2.19. The van der Waals surface area contributed by atoms with Crippen LogP contribution in [0.3, 0.4) is 0 Å². The molecule has 0 aliphatic carbocycles. The average molecular weight is 109 g/mol. The van der Waals surface area contributed by atoms with Crippen LogP contribution in [0.25, 0.3) is 0 Å². The van der Waals surface area contributed by atoms with Crippen molar-refractivity contribution in [2.24, 2.45) is 5.14 Å². The lowest BCUT2D eigenvalue weighted by molar-refractivity contribution is 0.501. The summed E-state index contributed by atoms with van der Waals surface area (Å²) < 4.78 is 16.2. The first-order chi connectivity index (χ1) is 2.56. The summed E-state index contributed by atoms with van der Waals surface area (Å²) in [4.78, 5) is 0. The molecule has 0 bridgehead atoms. The van der Waals surface area contributed by atoms with E-state index in [0.717, 1.165) is 5.41 Å². The zero-order chi connectivity index (χ0) is 5.21. The molecule has 0 aromatic rings. The summed E-state index contributed by atoms with van der Waals surface area (Å²) in [6.45, 7) is 3.04. The molecule has 0 radical (unpaired) electrons. The maximum absolute atomic E-state index is 8.12. The Balaban J connectivity index is 3.45. The Hall–Kier alpha value is -0.0300. The maximum Gasteiger partial charge on any atom is 0.0314 e. The molecule has 4 heteroatoms. The van der Waals surface area contributed by atoms with E-state index < -0.39 is 10.8 Å². The molecule has 6 heavy (non-hydrogen) atoms. The van der Waals surface area contributed by atoms with Gasteiger partial charge in [0.1, 0.15) is 0 Å². The van der Waals surface area contributed by atoms with Crippen LogP contribution in [0.5, 0.6) is 0 Å². The van der Waals surface area contributed by atoms with Gasteiger partial charge >= 0.3 is 0 Å². The van der Waals surface area contributed by atoms with Crippen LogP contribution in [0.1, 0.15) is 0 Å². The maximum atomic E-state index is 8.12. The summed E-state index contributed by atoms with van der Waals surface area (Å²) in [5.41, 5.74) is 0. The Bertz CT molecular complexity index is 57.1. The summed E-state index contributed by atoms with van der Waals surface area (Å²) in [7, 11) is -2.90. The van der Waals surface area contributed by atoms with E-state index in [9.17, 15) is 0 Å². The number of rotatable bonds is 1. The molecule has 0 fully saturated rings. The zero-order valence-electron chi connectivity index (χ0n) is 3.16. The molecular weight excluding hydrogens is 102 g/mol. The molecular formula is C2H7NO2S. The lowest BCUT2D eigenvalue weighted by atomic mass is 11.3. The van der Waals surface area contributed by atoms with Crippen molar-refractivity contribution in [2.45, 2.75) is 0 Å². The summed E-state index contributed by atoms with van der Waals surface area (Å²) >= 11 is 0. The Morgan fingerprint density at radius 1 is 1.67 bits per heavy atom. The molecule has 0 amide bonds. The molecule has 38 valence electrons.